The third-order valence-corrected chi connectivity index (χ3v) is 2.00. The van der Waals surface area contributed by atoms with Gasteiger partial charge < -0.3 is 5.73 Å². The number of hydrogen-bond donors (Lipinski definition) is 2. The Hall–Kier alpha value is -1.42. The summed E-state index contributed by atoms with van der Waals surface area (Å²) in [4.78, 5) is 0. The van der Waals surface area contributed by atoms with E-state index >= 15 is 0 Å². The van der Waals surface area contributed by atoms with Crippen molar-refractivity contribution in [3.05, 3.63) is 35.4 Å². The molecule has 0 unspecified atom stereocenters. The summed E-state index contributed by atoms with van der Waals surface area (Å²) < 4.78 is 0. The van der Waals surface area contributed by atoms with Crippen molar-refractivity contribution in [3.8, 4) is 0 Å². The fourth-order valence-electron chi connectivity index (χ4n) is 1.23. The molecule has 15 heavy (non-hydrogen) atoms. The fourth-order valence-corrected chi connectivity index (χ4v) is 1.28. The molecule has 4 heteroatoms. The van der Waals surface area contributed by atoms with Crippen LogP contribution in [0.5, 0.6) is 0 Å². The van der Waals surface area contributed by atoms with Crippen LogP contribution in [-0.2, 0) is 6.42 Å². The monoisotopic (exact) mass is 221 g/mol. The highest BCUT2D eigenvalue weighted by Crippen LogP contribution is 2.04. The number of nitrogens with zero attached hydrogens (tertiary/aromatic N) is 1. The Morgan fingerprint density at radius 3 is 2.67 bits per heavy atom. The Morgan fingerprint density at radius 2 is 2.13 bits per heavy atom. The maximum atomic E-state index is 5.23. The largest absolute Gasteiger partial charge is 0.375 e. The average molecular weight is 221 g/mol. The van der Waals surface area contributed by atoms with Gasteiger partial charge in [0.25, 0.3) is 0 Å². The highest BCUT2D eigenvalue weighted by molar-refractivity contribution is 7.80. The molecule has 80 valence electrons. The van der Waals surface area contributed by atoms with Crippen LogP contribution in [0.2, 0.25) is 0 Å². The lowest BCUT2D eigenvalue weighted by atomic mass is 10.1. The van der Waals surface area contributed by atoms with Crippen LogP contribution >= 0.6 is 12.2 Å². The van der Waals surface area contributed by atoms with Crippen molar-refractivity contribution in [2.24, 2.45) is 10.8 Å². The van der Waals surface area contributed by atoms with Gasteiger partial charge in [-0.05, 0) is 29.8 Å². The number of rotatable bonds is 4. The summed E-state index contributed by atoms with van der Waals surface area (Å²) in [6.07, 6.45) is 3.97. The summed E-state index contributed by atoms with van der Waals surface area (Å²) in [5, 5.41) is 4.05. The van der Waals surface area contributed by atoms with E-state index in [1.165, 1.54) is 5.56 Å². The van der Waals surface area contributed by atoms with E-state index in [0.717, 1.165) is 18.4 Å². The number of hydrazone groups is 1. The van der Waals surface area contributed by atoms with E-state index in [1.54, 1.807) is 6.21 Å². The molecule has 1 aromatic rings. The first-order chi connectivity index (χ1) is 7.22. The van der Waals surface area contributed by atoms with E-state index in [9.17, 15) is 0 Å². The zero-order valence-corrected chi connectivity index (χ0v) is 9.55. The minimum atomic E-state index is 0.175. The Labute approximate surface area is 95.4 Å². The third-order valence-electron chi connectivity index (χ3n) is 1.91. The van der Waals surface area contributed by atoms with Gasteiger partial charge in [0.1, 0.15) is 0 Å². The van der Waals surface area contributed by atoms with E-state index in [1.807, 2.05) is 12.1 Å². The highest BCUT2D eigenvalue weighted by atomic mass is 32.1. The molecule has 0 saturated carbocycles. The quantitative estimate of drug-likeness (QED) is 0.463. The second kappa shape index (κ2) is 6.14. The first-order valence-corrected chi connectivity index (χ1v) is 5.30. The van der Waals surface area contributed by atoms with Crippen LogP contribution in [0.15, 0.2) is 29.4 Å². The molecule has 0 aromatic heterocycles. The van der Waals surface area contributed by atoms with Crippen molar-refractivity contribution in [2.45, 2.75) is 19.8 Å². The molecule has 0 spiro atoms. The smallest absolute Gasteiger partial charge is 0.184 e. The van der Waals surface area contributed by atoms with Gasteiger partial charge in [0.2, 0.25) is 0 Å². The molecule has 0 saturated heterocycles. The maximum absolute atomic E-state index is 5.23. The molecule has 1 rings (SSSR count). The van der Waals surface area contributed by atoms with Gasteiger partial charge in [-0.2, -0.15) is 5.10 Å². The van der Waals surface area contributed by atoms with Crippen LogP contribution in [0.25, 0.3) is 0 Å². The Morgan fingerprint density at radius 1 is 1.47 bits per heavy atom. The maximum Gasteiger partial charge on any atom is 0.184 e. The van der Waals surface area contributed by atoms with Crippen molar-refractivity contribution < 1.29 is 0 Å². The Bertz CT molecular complexity index is 343. The standard InChI is InChI=1S/C11H15N3S/c1-2-3-9-4-6-10(7-5-9)8-13-14-11(12)15/h4-8H,2-3H2,1H3,(H3,12,14,15)/b13-8+. The van der Waals surface area contributed by atoms with Gasteiger partial charge in [-0.3, -0.25) is 5.43 Å². The highest BCUT2D eigenvalue weighted by Gasteiger charge is 1.91. The van der Waals surface area contributed by atoms with Crippen molar-refractivity contribution in [3.63, 3.8) is 0 Å². The summed E-state index contributed by atoms with van der Waals surface area (Å²) in [5.41, 5.74) is 10.1. The molecule has 0 amide bonds. The normalized spacial score (nSPS) is 10.5. The number of nitrogens with two attached hydrogens (primary N) is 1. The number of nitrogens with one attached hydrogen (secondary N) is 1. The minimum Gasteiger partial charge on any atom is -0.375 e. The lowest BCUT2D eigenvalue weighted by Gasteiger charge is -1.99. The second-order valence-electron chi connectivity index (χ2n) is 3.23. The van der Waals surface area contributed by atoms with Gasteiger partial charge in [-0.15, -0.1) is 0 Å². The molecule has 0 fully saturated rings. The molecular formula is C11H15N3S. The van der Waals surface area contributed by atoms with Crippen molar-refractivity contribution in [2.75, 3.05) is 0 Å². The zero-order valence-electron chi connectivity index (χ0n) is 8.73. The number of hydrogen-bond acceptors (Lipinski definition) is 2. The van der Waals surface area contributed by atoms with Crippen LogP contribution in [-0.4, -0.2) is 11.3 Å². The summed E-state index contributed by atoms with van der Waals surface area (Å²) in [7, 11) is 0. The minimum absolute atomic E-state index is 0.175. The predicted molar refractivity (Wildman–Crippen MR) is 68.0 cm³/mol. The topological polar surface area (TPSA) is 50.4 Å². The van der Waals surface area contributed by atoms with Gasteiger partial charge in [0, 0.05) is 0 Å². The predicted octanol–water partition coefficient (Wildman–Crippen LogP) is 1.81. The summed E-state index contributed by atoms with van der Waals surface area (Å²) >= 11 is 4.62. The molecular weight excluding hydrogens is 206 g/mol. The molecule has 0 bridgehead atoms. The summed E-state index contributed by atoms with van der Waals surface area (Å²) in [6.45, 7) is 2.17. The number of thiocarbonyl (C=S) groups is 1. The fraction of sp³-hybridized carbons (Fsp3) is 0.273. The van der Waals surface area contributed by atoms with Crippen molar-refractivity contribution in [1.29, 1.82) is 0 Å². The van der Waals surface area contributed by atoms with Crippen molar-refractivity contribution >= 4 is 23.5 Å². The average Bonchev–Trinajstić information content (AvgIpc) is 2.20. The Kier molecular flexibility index (Phi) is 4.77. The van der Waals surface area contributed by atoms with E-state index in [4.69, 9.17) is 5.73 Å². The summed E-state index contributed by atoms with van der Waals surface area (Å²) in [5.74, 6) is 0. The van der Waals surface area contributed by atoms with Gasteiger partial charge in [0.15, 0.2) is 5.11 Å². The first kappa shape index (κ1) is 11.7. The van der Waals surface area contributed by atoms with E-state index in [-0.39, 0.29) is 5.11 Å². The van der Waals surface area contributed by atoms with Gasteiger partial charge in [-0.25, -0.2) is 0 Å². The zero-order chi connectivity index (χ0) is 11.1. The molecule has 3 nitrogen and oxygen atoms in total. The SMILES string of the molecule is CCCc1ccc(/C=N/NC(N)=S)cc1. The molecule has 1 aromatic carbocycles. The Balaban J connectivity index is 2.56. The molecule has 0 heterocycles. The first-order valence-electron chi connectivity index (χ1n) is 4.90. The molecule has 3 N–H and O–H groups in total. The van der Waals surface area contributed by atoms with Gasteiger partial charge >= 0.3 is 0 Å². The van der Waals surface area contributed by atoms with Crippen LogP contribution in [0.1, 0.15) is 24.5 Å². The lowest BCUT2D eigenvalue weighted by Crippen LogP contribution is -2.23. The lowest BCUT2D eigenvalue weighted by molar-refractivity contribution is 0.922. The molecule has 0 aliphatic carbocycles. The van der Waals surface area contributed by atoms with E-state index in [2.05, 4.69) is 41.8 Å². The van der Waals surface area contributed by atoms with E-state index < -0.39 is 0 Å². The molecule has 0 aliphatic rings. The number of aryl methyl sites for hydroxylation is 1. The van der Waals surface area contributed by atoms with E-state index in [0.29, 0.717) is 0 Å². The van der Waals surface area contributed by atoms with Crippen LogP contribution in [0.3, 0.4) is 0 Å². The third kappa shape index (κ3) is 4.56. The van der Waals surface area contributed by atoms with Crippen molar-refractivity contribution in [1.82, 2.24) is 5.43 Å². The van der Waals surface area contributed by atoms with Gasteiger partial charge in [-0.1, -0.05) is 37.6 Å². The van der Waals surface area contributed by atoms with Gasteiger partial charge in [0.05, 0.1) is 6.21 Å². The molecule has 0 aliphatic heterocycles. The van der Waals surface area contributed by atoms with Crippen LogP contribution < -0.4 is 11.2 Å². The molecule has 0 atom stereocenters. The number of benzene rings is 1. The second-order valence-corrected chi connectivity index (χ2v) is 3.67. The van der Waals surface area contributed by atoms with Crippen LogP contribution in [0, 0.1) is 0 Å². The van der Waals surface area contributed by atoms with Crippen LogP contribution in [0.4, 0.5) is 0 Å². The molecule has 0 radical (unpaired) electrons. The summed E-state index contributed by atoms with van der Waals surface area (Å²) in [6, 6.07) is 8.25.